The van der Waals surface area contributed by atoms with Gasteiger partial charge in [-0.1, -0.05) is 0 Å². The van der Waals surface area contributed by atoms with E-state index in [0.717, 1.165) is 23.6 Å². The summed E-state index contributed by atoms with van der Waals surface area (Å²) in [6.07, 6.45) is 5.50. The third-order valence-electron chi connectivity index (χ3n) is 2.76. The van der Waals surface area contributed by atoms with Crippen LogP contribution in [0.25, 0.3) is 0 Å². The van der Waals surface area contributed by atoms with E-state index < -0.39 is 0 Å². The van der Waals surface area contributed by atoms with Gasteiger partial charge in [0.25, 0.3) is 0 Å². The van der Waals surface area contributed by atoms with Crippen LogP contribution in [0.4, 0.5) is 0 Å². The van der Waals surface area contributed by atoms with E-state index in [-0.39, 0.29) is 5.54 Å². The number of hydrogen-bond acceptors (Lipinski definition) is 4. The third kappa shape index (κ3) is 4.66. The van der Waals surface area contributed by atoms with Gasteiger partial charge in [-0.2, -0.15) is 5.10 Å². The van der Waals surface area contributed by atoms with Gasteiger partial charge in [-0.25, -0.2) is 0 Å². The van der Waals surface area contributed by atoms with Crippen LogP contribution in [-0.2, 0) is 20.2 Å². The molecule has 5 heteroatoms. The first kappa shape index (κ1) is 14.5. The molecular formula is C15H22N4O. The molecular weight excluding hydrogens is 252 g/mol. The van der Waals surface area contributed by atoms with Gasteiger partial charge in [0.15, 0.2) is 0 Å². The minimum absolute atomic E-state index is 0.0944. The van der Waals surface area contributed by atoms with Crippen molar-refractivity contribution in [3.05, 3.63) is 42.0 Å². The lowest BCUT2D eigenvalue weighted by Gasteiger charge is -2.20. The van der Waals surface area contributed by atoms with Gasteiger partial charge >= 0.3 is 0 Å². The van der Waals surface area contributed by atoms with Gasteiger partial charge in [-0.05, 0) is 32.9 Å². The SMILES string of the molecule is Cn1cc(COc2ccc(CNC(C)(C)C)nc2)cn1. The van der Waals surface area contributed by atoms with Gasteiger partial charge in [0, 0.05) is 30.9 Å². The Bertz CT molecular complexity index is 540. The molecule has 0 unspecified atom stereocenters. The van der Waals surface area contributed by atoms with Gasteiger partial charge < -0.3 is 10.1 Å². The summed E-state index contributed by atoms with van der Waals surface area (Å²) in [6.45, 7) is 7.68. The van der Waals surface area contributed by atoms with E-state index in [9.17, 15) is 0 Å². The maximum Gasteiger partial charge on any atom is 0.138 e. The van der Waals surface area contributed by atoms with Crippen LogP contribution in [0.1, 0.15) is 32.0 Å². The number of ether oxygens (including phenoxy) is 1. The first-order valence-electron chi connectivity index (χ1n) is 6.73. The minimum atomic E-state index is 0.0944. The number of nitrogens with zero attached hydrogens (tertiary/aromatic N) is 3. The summed E-state index contributed by atoms with van der Waals surface area (Å²) >= 11 is 0. The second-order valence-electron chi connectivity index (χ2n) is 5.90. The van der Waals surface area contributed by atoms with Crippen LogP contribution in [0, 0.1) is 0 Å². The Kier molecular flexibility index (Phi) is 4.39. The van der Waals surface area contributed by atoms with Crippen LogP contribution in [0.2, 0.25) is 0 Å². The quantitative estimate of drug-likeness (QED) is 0.909. The molecule has 0 amide bonds. The molecule has 2 heterocycles. The molecule has 0 aromatic carbocycles. The molecule has 0 aliphatic carbocycles. The van der Waals surface area contributed by atoms with Crippen LogP contribution < -0.4 is 10.1 Å². The number of aryl methyl sites for hydroxylation is 1. The molecule has 0 aliphatic heterocycles. The van der Waals surface area contributed by atoms with Crippen molar-refractivity contribution in [2.45, 2.75) is 39.5 Å². The summed E-state index contributed by atoms with van der Waals surface area (Å²) in [5.41, 5.74) is 2.15. The van der Waals surface area contributed by atoms with E-state index in [0.29, 0.717) is 6.61 Å². The highest BCUT2D eigenvalue weighted by Gasteiger charge is 2.08. The summed E-state index contributed by atoms with van der Waals surface area (Å²) < 4.78 is 7.43. The van der Waals surface area contributed by atoms with Gasteiger partial charge in [0.2, 0.25) is 0 Å². The van der Waals surface area contributed by atoms with Crippen molar-refractivity contribution in [3.63, 3.8) is 0 Å². The van der Waals surface area contributed by atoms with E-state index in [4.69, 9.17) is 4.74 Å². The van der Waals surface area contributed by atoms with Gasteiger partial charge in [0.1, 0.15) is 12.4 Å². The maximum atomic E-state index is 5.67. The number of pyridine rings is 1. The van der Waals surface area contributed by atoms with Crippen molar-refractivity contribution in [1.29, 1.82) is 0 Å². The molecule has 0 spiro atoms. The Labute approximate surface area is 120 Å². The lowest BCUT2D eigenvalue weighted by atomic mass is 10.1. The van der Waals surface area contributed by atoms with E-state index in [1.165, 1.54) is 0 Å². The van der Waals surface area contributed by atoms with Gasteiger partial charge in [0.05, 0.1) is 18.1 Å². The van der Waals surface area contributed by atoms with Crippen LogP contribution in [0.3, 0.4) is 0 Å². The fourth-order valence-corrected chi connectivity index (χ4v) is 1.67. The smallest absolute Gasteiger partial charge is 0.138 e. The molecule has 0 saturated heterocycles. The topological polar surface area (TPSA) is 52.0 Å². The zero-order valence-corrected chi connectivity index (χ0v) is 12.6. The molecule has 2 rings (SSSR count). The van der Waals surface area contributed by atoms with Gasteiger partial charge in [-0.15, -0.1) is 0 Å². The van der Waals surface area contributed by atoms with Crippen molar-refractivity contribution < 1.29 is 4.74 Å². The minimum Gasteiger partial charge on any atom is -0.487 e. The van der Waals surface area contributed by atoms with E-state index in [1.807, 2.05) is 25.4 Å². The Morgan fingerprint density at radius 1 is 1.25 bits per heavy atom. The summed E-state index contributed by atoms with van der Waals surface area (Å²) in [6, 6.07) is 3.93. The molecule has 5 nitrogen and oxygen atoms in total. The summed E-state index contributed by atoms with van der Waals surface area (Å²) in [5.74, 6) is 0.772. The maximum absolute atomic E-state index is 5.67. The van der Waals surface area contributed by atoms with Gasteiger partial charge in [-0.3, -0.25) is 9.67 Å². The predicted molar refractivity (Wildman–Crippen MR) is 78.4 cm³/mol. The lowest BCUT2D eigenvalue weighted by Crippen LogP contribution is -2.35. The lowest BCUT2D eigenvalue weighted by molar-refractivity contribution is 0.304. The van der Waals surface area contributed by atoms with Crippen molar-refractivity contribution in [1.82, 2.24) is 20.1 Å². The Morgan fingerprint density at radius 3 is 2.60 bits per heavy atom. The second kappa shape index (κ2) is 6.05. The fraction of sp³-hybridized carbons (Fsp3) is 0.467. The van der Waals surface area contributed by atoms with Crippen LogP contribution in [-0.4, -0.2) is 20.3 Å². The highest BCUT2D eigenvalue weighted by molar-refractivity contribution is 5.20. The fourth-order valence-electron chi connectivity index (χ4n) is 1.67. The number of nitrogens with one attached hydrogen (secondary N) is 1. The zero-order valence-electron chi connectivity index (χ0n) is 12.6. The molecule has 1 N–H and O–H groups in total. The molecule has 2 aromatic rings. The molecule has 0 bridgehead atoms. The predicted octanol–water partition coefficient (Wildman–Crippen LogP) is 2.28. The molecule has 0 aliphatic rings. The monoisotopic (exact) mass is 274 g/mol. The van der Waals surface area contributed by atoms with Crippen LogP contribution in [0.15, 0.2) is 30.7 Å². The molecule has 108 valence electrons. The largest absolute Gasteiger partial charge is 0.487 e. The van der Waals surface area contributed by atoms with E-state index in [1.54, 1.807) is 17.1 Å². The van der Waals surface area contributed by atoms with E-state index >= 15 is 0 Å². The first-order chi connectivity index (χ1) is 9.42. The van der Waals surface area contributed by atoms with Crippen LogP contribution >= 0.6 is 0 Å². The number of hydrogen-bond donors (Lipinski definition) is 1. The third-order valence-corrected chi connectivity index (χ3v) is 2.76. The van der Waals surface area contributed by atoms with Crippen molar-refractivity contribution in [2.24, 2.45) is 7.05 Å². The Morgan fingerprint density at radius 2 is 2.05 bits per heavy atom. The normalized spacial score (nSPS) is 11.6. The number of rotatable bonds is 5. The average molecular weight is 274 g/mol. The van der Waals surface area contributed by atoms with E-state index in [2.05, 4.69) is 36.2 Å². The molecule has 0 atom stereocenters. The Hall–Kier alpha value is -1.88. The first-order valence-corrected chi connectivity index (χ1v) is 6.73. The molecule has 0 radical (unpaired) electrons. The van der Waals surface area contributed by atoms with Crippen LogP contribution in [0.5, 0.6) is 5.75 Å². The number of aromatic nitrogens is 3. The molecule has 20 heavy (non-hydrogen) atoms. The summed E-state index contributed by atoms with van der Waals surface area (Å²) in [7, 11) is 1.89. The molecule has 2 aromatic heterocycles. The highest BCUT2D eigenvalue weighted by Crippen LogP contribution is 2.12. The summed E-state index contributed by atoms with van der Waals surface area (Å²) in [4.78, 5) is 4.39. The zero-order chi connectivity index (χ0) is 14.6. The summed E-state index contributed by atoms with van der Waals surface area (Å²) in [5, 5.41) is 7.51. The molecule has 0 fully saturated rings. The second-order valence-corrected chi connectivity index (χ2v) is 5.90. The van der Waals surface area contributed by atoms with Crippen molar-refractivity contribution in [2.75, 3.05) is 0 Å². The Balaban J connectivity index is 1.85. The average Bonchev–Trinajstić information content (AvgIpc) is 2.80. The molecule has 0 saturated carbocycles. The standard InChI is InChI=1S/C15H22N4O/c1-15(2,3)17-8-13-5-6-14(9-16-13)20-11-12-7-18-19(4)10-12/h5-7,9-10,17H,8,11H2,1-4H3. The van der Waals surface area contributed by atoms with Crippen molar-refractivity contribution >= 4 is 0 Å². The highest BCUT2D eigenvalue weighted by atomic mass is 16.5. The van der Waals surface area contributed by atoms with Crippen molar-refractivity contribution in [3.8, 4) is 5.75 Å².